The monoisotopic (exact) mass is 400 g/mol. The fourth-order valence-corrected chi connectivity index (χ4v) is 3.62. The van der Waals surface area contributed by atoms with E-state index in [9.17, 15) is 9.59 Å². The number of ether oxygens (including phenoxy) is 1. The van der Waals surface area contributed by atoms with Crippen LogP contribution in [-0.4, -0.2) is 34.9 Å². The second kappa shape index (κ2) is 9.15. The lowest BCUT2D eigenvalue weighted by Gasteiger charge is -2.05. The van der Waals surface area contributed by atoms with Crippen LogP contribution in [0.2, 0.25) is 0 Å². The summed E-state index contributed by atoms with van der Waals surface area (Å²) in [7, 11) is 1.59. The number of carbonyl (C=O) groups excluding carboxylic acids is 2. The van der Waals surface area contributed by atoms with Crippen LogP contribution in [0.25, 0.3) is 0 Å². The van der Waals surface area contributed by atoms with Gasteiger partial charge in [0.25, 0.3) is 5.91 Å². The molecule has 138 valence electrons. The van der Waals surface area contributed by atoms with Gasteiger partial charge in [-0.2, -0.15) is 0 Å². The molecule has 0 saturated heterocycles. The van der Waals surface area contributed by atoms with Gasteiger partial charge in [0.15, 0.2) is 4.34 Å². The second-order valence-corrected chi connectivity index (χ2v) is 7.46. The van der Waals surface area contributed by atoms with Gasteiger partial charge in [0.2, 0.25) is 11.0 Å². The summed E-state index contributed by atoms with van der Waals surface area (Å²) >= 11 is 2.48. The minimum Gasteiger partial charge on any atom is -0.497 e. The van der Waals surface area contributed by atoms with Gasteiger partial charge < -0.3 is 10.1 Å². The van der Waals surface area contributed by atoms with Crippen LogP contribution in [0.5, 0.6) is 5.75 Å². The molecule has 27 heavy (non-hydrogen) atoms. The molecule has 2 N–H and O–H groups in total. The Morgan fingerprint density at radius 3 is 2.48 bits per heavy atom. The quantitative estimate of drug-likeness (QED) is 0.466. The molecule has 0 aliphatic carbocycles. The van der Waals surface area contributed by atoms with E-state index in [1.165, 1.54) is 23.1 Å². The zero-order valence-electron chi connectivity index (χ0n) is 14.3. The number of aromatic nitrogens is 2. The maximum absolute atomic E-state index is 12.1. The van der Waals surface area contributed by atoms with Crippen molar-refractivity contribution in [3.63, 3.8) is 0 Å². The van der Waals surface area contributed by atoms with Crippen LogP contribution in [-0.2, 0) is 4.79 Å². The molecule has 9 heteroatoms. The van der Waals surface area contributed by atoms with Crippen molar-refractivity contribution < 1.29 is 14.3 Å². The van der Waals surface area contributed by atoms with Crippen LogP contribution < -0.4 is 15.4 Å². The lowest BCUT2D eigenvalue weighted by atomic mass is 10.2. The minimum atomic E-state index is -0.249. The summed E-state index contributed by atoms with van der Waals surface area (Å²) in [5.41, 5.74) is 1.23. The number of rotatable bonds is 7. The molecule has 0 spiro atoms. The smallest absolute Gasteiger partial charge is 0.257 e. The number of carbonyl (C=O) groups is 2. The first-order valence-electron chi connectivity index (χ1n) is 7.90. The zero-order valence-corrected chi connectivity index (χ0v) is 16.0. The van der Waals surface area contributed by atoms with Crippen molar-refractivity contribution in [2.24, 2.45) is 0 Å². The molecule has 0 aliphatic rings. The highest BCUT2D eigenvalue weighted by atomic mass is 32.2. The average Bonchev–Trinajstić information content (AvgIpc) is 3.15. The van der Waals surface area contributed by atoms with Gasteiger partial charge in [-0.3, -0.25) is 14.9 Å². The van der Waals surface area contributed by atoms with E-state index in [4.69, 9.17) is 4.74 Å². The highest BCUT2D eigenvalue weighted by molar-refractivity contribution is 8.01. The van der Waals surface area contributed by atoms with Crippen molar-refractivity contribution in [2.45, 2.75) is 4.34 Å². The Labute approximate surface area is 164 Å². The Morgan fingerprint density at radius 2 is 1.78 bits per heavy atom. The molecule has 3 rings (SSSR count). The van der Waals surface area contributed by atoms with Crippen molar-refractivity contribution in [1.29, 1.82) is 0 Å². The van der Waals surface area contributed by atoms with E-state index in [-0.39, 0.29) is 17.6 Å². The maximum atomic E-state index is 12.1. The van der Waals surface area contributed by atoms with Gasteiger partial charge in [-0.25, -0.2) is 0 Å². The Balaban J connectivity index is 1.48. The molecule has 0 unspecified atom stereocenters. The van der Waals surface area contributed by atoms with Gasteiger partial charge >= 0.3 is 0 Å². The van der Waals surface area contributed by atoms with Crippen molar-refractivity contribution in [1.82, 2.24) is 10.2 Å². The SMILES string of the molecule is COc1ccc(NC(=O)CSc2nnc(NC(=O)c3ccccc3)s2)cc1. The number of nitrogens with one attached hydrogen (secondary N) is 2. The summed E-state index contributed by atoms with van der Waals surface area (Å²) < 4.78 is 5.68. The molecule has 0 fully saturated rings. The molecule has 0 aliphatic heterocycles. The van der Waals surface area contributed by atoms with Gasteiger partial charge in [-0.1, -0.05) is 41.3 Å². The fraction of sp³-hybridized carbons (Fsp3) is 0.111. The van der Waals surface area contributed by atoms with Gasteiger partial charge in [-0.15, -0.1) is 10.2 Å². The summed E-state index contributed by atoms with van der Waals surface area (Å²) in [6.07, 6.45) is 0. The molecule has 0 saturated carbocycles. The van der Waals surface area contributed by atoms with Crippen LogP contribution in [0.4, 0.5) is 10.8 Å². The average molecular weight is 400 g/mol. The van der Waals surface area contributed by atoms with E-state index < -0.39 is 0 Å². The normalized spacial score (nSPS) is 10.3. The summed E-state index contributed by atoms with van der Waals surface area (Å²) in [6, 6.07) is 15.9. The molecule has 2 amide bonds. The van der Waals surface area contributed by atoms with Crippen molar-refractivity contribution >= 4 is 45.7 Å². The first-order valence-corrected chi connectivity index (χ1v) is 9.71. The first kappa shape index (κ1) is 18.9. The number of amides is 2. The molecular weight excluding hydrogens is 384 g/mol. The van der Waals surface area contributed by atoms with Crippen LogP contribution in [0, 0.1) is 0 Å². The van der Waals surface area contributed by atoms with Gasteiger partial charge in [-0.05, 0) is 36.4 Å². The van der Waals surface area contributed by atoms with Crippen LogP contribution in [0.1, 0.15) is 10.4 Å². The molecule has 1 aromatic heterocycles. The lowest BCUT2D eigenvalue weighted by molar-refractivity contribution is -0.113. The molecule has 2 aromatic carbocycles. The van der Waals surface area contributed by atoms with Crippen molar-refractivity contribution in [3.8, 4) is 5.75 Å². The highest BCUT2D eigenvalue weighted by Crippen LogP contribution is 2.26. The van der Waals surface area contributed by atoms with E-state index in [1.807, 2.05) is 6.07 Å². The molecule has 3 aromatic rings. The highest BCUT2D eigenvalue weighted by Gasteiger charge is 2.11. The van der Waals surface area contributed by atoms with Crippen molar-refractivity contribution in [2.75, 3.05) is 23.5 Å². The minimum absolute atomic E-state index is 0.157. The summed E-state index contributed by atoms with van der Waals surface area (Å²) in [5.74, 6) is 0.505. The van der Waals surface area contributed by atoms with E-state index in [0.717, 1.165) is 5.75 Å². The second-order valence-electron chi connectivity index (χ2n) is 5.26. The molecule has 1 heterocycles. The Kier molecular flexibility index (Phi) is 6.39. The van der Waals surface area contributed by atoms with E-state index in [2.05, 4.69) is 20.8 Å². The van der Waals surface area contributed by atoms with Gasteiger partial charge in [0.05, 0.1) is 12.9 Å². The van der Waals surface area contributed by atoms with E-state index in [0.29, 0.717) is 20.7 Å². The number of methoxy groups -OCH3 is 1. The third kappa shape index (κ3) is 5.53. The number of anilines is 2. The van der Waals surface area contributed by atoms with E-state index in [1.54, 1.807) is 55.6 Å². The molecule has 7 nitrogen and oxygen atoms in total. The fourth-order valence-electron chi connectivity index (χ4n) is 2.08. The predicted octanol–water partition coefficient (Wildman–Crippen LogP) is 3.53. The zero-order chi connectivity index (χ0) is 19.1. The molecule has 0 bridgehead atoms. The number of hydrogen-bond donors (Lipinski definition) is 2. The Hall–Kier alpha value is -2.91. The standard InChI is InChI=1S/C18H16N4O3S2/c1-25-14-9-7-13(8-10-14)19-15(23)11-26-18-22-21-17(27-18)20-16(24)12-5-3-2-4-6-12/h2-10H,11H2,1H3,(H,19,23)(H,20,21,24). The molecule has 0 atom stereocenters. The van der Waals surface area contributed by atoms with Crippen molar-refractivity contribution in [3.05, 3.63) is 60.2 Å². The predicted molar refractivity (Wildman–Crippen MR) is 107 cm³/mol. The van der Waals surface area contributed by atoms with Crippen LogP contribution in [0.3, 0.4) is 0 Å². The Morgan fingerprint density at radius 1 is 1.04 bits per heavy atom. The number of benzene rings is 2. The number of nitrogens with zero attached hydrogens (tertiary/aromatic N) is 2. The topological polar surface area (TPSA) is 93.2 Å². The first-order chi connectivity index (χ1) is 13.1. The van der Waals surface area contributed by atoms with Crippen LogP contribution >= 0.6 is 23.1 Å². The molecule has 0 radical (unpaired) electrons. The van der Waals surface area contributed by atoms with Gasteiger partial charge in [0.1, 0.15) is 5.75 Å². The summed E-state index contributed by atoms with van der Waals surface area (Å²) in [4.78, 5) is 24.1. The summed E-state index contributed by atoms with van der Waals surface area (Å²) in [6.45, 7) is 0. The number of thioether (sulfide) groups is 1. The lowest BCUT2D eigenvalue weighted by Crippen LogP contribution is -2.13. The molecular formula is C18H16N4O3S2. The third-order valence-electron chi connectivity index (χ3n) is 3.36. The van der Waals surface area contributed by atoms with E-state index >= 15 is 0 Å². The largest absolute Gasteiger partial charge is 0.497 e. The Bertz CT molecular complexity index is 914. The number of hydrogen-bond acceptors (Lipinski definition) is 7. The maximum Gasteiger partial charge on any atom is 0.257 e. The summed E-state index contributed by atoms with van der Waals surface area (Å²) in [5, 5.41) is 13.8. The van der Waals surface area contributed by atoms with Gasteiger partial charge in [0, 0.05) is 11.3 Å². The third-order valence-corrected chi connectivity index (χ3v) is 5.34. The van der Waals surface area contributed by atoms with Crippen LogP contribution in [0.15, 0.2) is 58.9 Å².